The average molecular weight is 1330 g/mol. The van der Waals surface area contributed by atoms with Gasteiger partial charge in [-0.25, -0.2) is 4.79 Å². The third-order valence-electron chi connectivity index (χ3n) is 18.6. The van der Waals surface area contributed by atoms with Crippen molar-refractivity contribution >= 4 is 52.9 Å². The molecule has 4 aliphatic rings. The normalized spacial score (nSPS) is 31.2. The average Bonchev–Trinajstić information content (AvgIpc) is 0.777. The number of fused-ring (bicyclic) bond motifs is 3. The molecule has 95 heavy (non-hydrogen) atoms. The highest BCUT2D eigenvalue weighted by molar-refractivity contribution is 6.39. The van der Waals surface area contributed by atoms with Gasteiger partial charge in [-0.15, -0.1) is 0 Å². The molecule has 0 spiro atoms. The number of benzene rings is 2. The van der Waals surface area contributed by atoms with E-state index in [1.54, 1.807) is 77.5 Å². The number of carbonyl (C=O) groups excluding carboxylic acids is 7. The molecule has 0 radical (unpaired) electrons. The van der Waals surface area contributed by atoms with Gasteiger partial charge in [-0.3, -0.25) is 28.8 Å². The van der Waals surface area contributed by atoms with Gasteiger partial charge in [0.15, 0.2) is 40.3 Å². The molecule has 2 bridgehead atoms. The molecule has 2 saturated heterocycles. The number of aromatic hydroxyl groups is 2. The Morgan fingerprint density at radius 3 is 1.99 bits per heavy atom. The molecule has 3 heterocycles. The fourth-order valence-electron chi connectivity index (χ4n) is 12.8. The molecule has 524 valence electrons. The predicted octanol–water partition coefficient (Wildman–Crippen LogP) is 9.57. The number of carbonyl (C=O) groups is 7. The molecule has 3 fully saturated rings. The second kappa shape index (κ2) is 38.7. The Kier molecular flexibility index (Phi) is 32.1. The quantitative estimate of drug-likeness (QED) is 0.0324. The topological polar surface area (TPSA) is 298 Å². The number of ether oxygens (including phenoxy) is 8. The van der Waals surface area contributed by atoms with Gasteiger partial charge in [-0.1, -0.05) is 95.4 Å². The number of ketones is 5. The third-order valence-corrected chi connectivity index (χ3v) is 18.6. The number of rotatable bonds is 17. The van der Waals surface area contributed by atoms with Crippen LogP contribution < -0.4 is 9.47 Å². The lowest BCUT2D eigenvalue weighted by molar-refractivity contribution is -0.265. The molecule has 1 saturated carbocycles. The lowest BCUT2D eigenvalue weighted by atomic mass is 9.78. The van der Waals surface area contributed by atoms with Gasteiger partial charge in [0, 0.05) is 58.5 Å². The van der Waals surface area contributed by atoms with E-state index in [9.17, 15) is 59.1 Å². The lowest BCUT2D eigenvalue weighted by Crippen LogP contribution is -2.61. The number of piperidine rings is 1. The summed E-state index contributed by atoms with van der Waals surface area (Å²) in [5.74, 6) is -8.04. The van der Waals surface area contributed by atoms with Crippen molar-refractivity contribution in [3.8, 4) is 23.0 Å². The molecule has 2 aromatic carbocycles. The number of amides is 1. The van der Waals surface area contributed by atoms with Gasteiger partial charge in [-0.2, -0.15) is 0 Å². The van der Waals surface area contributed by atoms with E-state index in [0.717, 1.165) is 12.0 Å². The van der Waals surface area contributed by atoms with Gasteiger partial charge >= 0.3 is 5.97 Å². The monoisotopic (exact) mass is 1330 g/mol. The molecule has 15 atom stereocenters. The number of hydrogen-bond acceptors (Lipinski definition) is 20. The van der Waals surface area contributed by atoms with Gasteiger partial charge in [-0.05, 0) is 155 Å². The lowest BCUT2D eigenvalue weighted by Gasteiger charge is -2.42. The van der Waals surface area contributed by atoms with Crippen LogP contribution in [-0.4, -0.2) is 181 Å². The maximum Gasteiger partial charge on any atom is 0.329 e. The molecule has 21 nitrogen and oxygen atoms in total. The van der Waals surface area contributed by atoms with E-state index in [1.807, 2.05) is 58.1 Å². The van der Waals surface area contributed by atoms with Crippen LogP contribution in [0.25, 0.3) is 12.2 Å². The molecule has 3 aliphatic heterocycles. The maximum atomic E-state index is 14.5. The van der Waals surface area contributed by atoms with E-state index in [2.05, 4.69) is 0 Å². The van der Waals surface area contributed by atoms with Crippen molar-refractivity contribution < 1.29 is 97.0 Å². The van der Waals surface area contributed by atoms with Gasteiger partial charge < -0.3 is 68.3 Å². The Balaban J connectivity index is 0.000000502. The van der Waals surface area contributed by atoms with Crippen molar-refractivity contribution in [3.63, 3.8) is 0 Å². The molecule has 1 amide bonds. The van der Waals surface area contributed by atoms with Crippen LogP contribution in [0.1, 0.15) is 143 Å². The number of aliphatic hydroxyl groups is 3. The number of nitrogens with zero attached hydrogens (tertiary/aromatic N) is 1. The van der Waals surface area contributed by atoms with Crippen LogP contribution in [0, 0.1) is 35.5 Å². The zero-order chi connectivity index (χ0) is 70.1. The van der Waals surface area contributed by atoms with Crippen molar-refractivity contribution in [2.75, 3.05) is 55.3 Å². The van der Waals surface area contributed by atoms with Crippen LogP contribution >= 0.6 is 0 Å². The van der Waals surface area contributed by atoms with Crippen molar-refractivity contribution in [2.24, 2.45) is 35.5 Å². The van der Waals surface area contributed by atoms with E-state index in [0.29, 0.717) is 86.0 Å². The summed E-state index contributed by atoms with van der Waals surface area (Å²) in [5, 5.41) is 51.9. The van der Waals surface area contributed by atoms with Crippen molar-refractivity contribution in [1.82, 2.24) is 4.90 Å². The Bertz CT molecular complexity index is 3020. The molecule has 1 aliphatic carbocycles. The van der Waals surface area contributed by atoms with E-state index in [4.69, 9.17) is 37.9 Å². The number of esters is 1. The van der Waals surface area contributed by atoms with Gasteiger partial charge in [0.2, 0.25) is 5.79 Å². The minimum absolute atomic E-state index is 0.00662. The molecular weight excluding hydrogens is 1220 g/mol. The van der Waals surface area contributed by atoms with Gasteiger partial charge in [0.1, 0.15) is 30.1 Å². The number of phenols is 2. The number of phenolic OH excluding ortho intramolecular Hbond substituents is 2. The SMILES string of the molecule is CO[C@H]1C[C@@H]2CC[C@@H](C)[C@@](O)(O2)C(=O)C(=O)N2CCCC[C@H]2C(=O)O[C@H]([C@H](C)C[C@@H]2CC[C@@H](OCCO)[C@H](OC)C2)CC(=O)[C@H](C)/C=C(\C)[C@@H](O)[C@@H](OC)C(=O)[C@H](C)C[C@H](C)/C=C/C=C/C=C/1C.COc1cc(/C=C/C(=O)CC(=O)/C=C/c2ccc(O)c(OC)c2)ccc1O. The zero-order valence-electron chi connectivity index (χ0n) is 57.4. The summed E-state index contributed by atoms with van der Waals surface area (Å²) in [6, 6.07) is 8.20. The molecule has 2 aromatic rings. The Hall–Kier alpha value is -6.95. The second-order valence-electron chi connectivity index (χ2n) is 25.8. The highest BCUT2D eigenvalue weighted by Crippen LogP contribution is 2.39. The fourth-order valence-corrected chi connectivity index (χ4v) is 12.8. The first-order valence-corrected chi connectivity index (χ1v) is 33.1. The van der Waals surface area contributed by atoms with Crippen LogP contribution in [0.3, 0.4) is 0 Å². The van der Waals surface area contributed by atoms with E-state index < -0.39 is 77.8 Å². The maximum absolute atomic E-state index is 14.5. The van der Waals surface area contributed by atoms with Crippen molar-refractivity contribution in [2.45, 2.75) is 186 Å². The van der Waals surface area contributed by atoms with Crippen molar-refractivity contribution in [3.05, 3.63) is 107 Å². The first kappa shape index (κ1) is 78.7. The number of hydrogen-bond donors (Lipinski definition) is 5. The van der Waals surface area contributed by atoms with E-state index in [-0.39, 0.29) is 104 Å². The number of cyclic esters (lactones) is 1. The van der Waals surface area contributed by atoms with Crippen molar-refractivity contribution in [1.29, 1.82) is 0 Å². The number of aliphatic hydroxyl groups excluding tert-OH is 2. The zero-order valence-corrected chi connectivity index (χ0v) is 57.4. The van der Waals surface area contributed by atoms with Crippen LogP contribution in [0.15, 0.2) is 96.2 Å². The van der Waals surface area contributed by atoms with Crippen LogP contribution in [0.4, 0.5) is 0 Å². The first-order valence-electron chi connectivity index (χ1n) is 33.1. The molecule has 0 aromatic heterocycles. The molecular formula is C74H103NO20. The largest absolute Gasteiger partial charge is 0.504 e. The van der Waals surface area contributed by atoms with Crippen LogP contribution in [0.2, 0.25) is 0 Å². The minimum atomic E-state index is -2.43. The first-order chi connectivity index (χ1) is 45.2. The summed E-state index contributed by atoms with van der Waals surface area (Å²) in [7, 11) is 7.45. The van der Waals surface area contributed by atoms with Gasteiger partial charge in [0.05, 0.1) is 58.3 Å². The highest BCUT2D eigenvalue weighted by atomic mass is 16.6. The van der Waals surface area contributed by atoms with E-state index >= 15 is 0 Å². The Labute approximate surface area is 560 Å². The van der Waals surface area contributed by atoms with E-state index in [1.165, 1.54) is 50.5 Å². The summed E-state index contributed by atoms with van der Waals surface area (Å²) < 4.78 is 45.6. The molecule has 0 unspecified atom stereocenters. The van der Waals surface area contributed by atoms with Crippen LogP contribution in [-0.2, 0) is 62.0 Å². The number of Topliss-reactive ketones (excluding diaryl/α,β-unsaturated/α-hetero) is 3. The van der Waals surface area contributed by atoms with Gasteiger partial charge in [0.25, 0.3) is 11.7 Å². The third kappa shape index (κ3) is 23.1. The summed E-state index contributed by atoms with van der Waals surface area (Å²) in [6.07, 6.45) is 17.4. The molecule has 21 heteroatoms. The van der Waals surface area contributed by atoms with Crippen LogP contribution in [0.5, 0.6) is 23.0 Å². The summed E-state index contributed by atoms with van der Waals surface area (Å²) in [4.78, 5) is 96.0. The predicted molar refractivity (Wildman–Crippen MR) is 358 cm³/mol. The highest BCUT2D eigenvalue weighted by Gasteiger charge is 2.53. The minimum Gasteiger partial charge on any atom is -0.504 e. The Morgan fingerprint density at radius 1 is 0.758 bits per heavy atom. The second-order valence-corrected chi connectivity index (χ2v) is 25.8. The fraction of sp³-hybridized carbons (Fsp3) is 0.581. The summed E-state index contributed by atoms with van der Waals surface area (Å²) in [5.41, 5.74) is 2.59. The summed E-state index contributed by atoms with van der Waals surface area (Å²) in [6.45, 7) is 12.9. The number of methoxy groups -OCH3 is 5. The standard InChI is InChI=1S/C53H83NO14.C21H20O6/c1-32-16-12-11-13-17-33(2)44(63-8)30-40-21-19-38(7)53(62,68-40)50(59)51(60)54-23-15-14-18-41(54)52(61)67-45(35(4)28-39-20-22-43(66-25-24-55)46(29-39)64-9)31-42(56)34(3)27-37(6)48(58)49(65-10)47(57)36(5)26-32;1-26-20-11-14(5-9-18(20)24)3-7-16(22)13-17(23)8-4-15-6-10-19(25)21(12-15)27-2/h11-13,16-17,27,32,34-36,38-41,43-46,48-49,55,58,62H,14-15,18-26,28-31H2,1-10H3;3-12,24-25H,13H2,1-2H3/b13-11+,16-12+,33-17+,37-27+;7-3+,8-4+/t32-,34-,35-,36-,38-,39+,40+,41+,43-,44+,45+,46-,48-,49+,53-;/m1./s1. The number of allylic oxidation sites excluding steroid dienone is 8. The Morgan fingerprint density at radius 2 is 1.40 bits per heavy atom. The molecule has 6 rings (SSSR count). The smallest absolute Gasteiger partial charge is 0.329 e. The molecule has 5 N–H and O–H groups in total. The summed E-state index contributed by atoms with van der Waals surface area (Å²) >= 11 is 0.